The Kier molecular flexibility index (Phi) is 4.54. The summed E-state index contributed by atoms with van der Waals surface area (Å²) in [4.78, 5) is 24.2. The van der Waals surface area contributed by atoms with Crippen LogP contribution in [0.5, 0.6) is 0 Å². The molecule has 1 aromatic carbocycles. The number of ether oxygens (including phenoxy) is 1. The molecule has 3 rings (SSSR count). The normalized spacial score (nSPS) is 16.4. The molecule has 1 aromatic heterocycles. The average Bonchev–Trinajstić information content (AvgIpc) is 2.98. The topological polar surface area (TPSA) is 93.5 Å². The molecular formula is C17H18FN3O4. The first-order chi connectivity index (χ1) is 11.9. The van der Waals surface area contributed by atoms with E-state index in [9.17, 15) is 19.1 Å². The van der Waals surface area contributed by atoms with E-state index in [1.54, 1.807) is 25.3 Å². The second kappa shape index (κ2) is 6.64. The Bertz CT molecular complexity index is 795. The van der Waals surface area contributed by atoms with Crippen LogP contribution in [0.25, 0.3) is 5.69 Å². The third kappa shape index (κ3) is 3.39. The fourth-order valence-electron chi connectivity index (χ4n) is 2.80. The van der Waals surface area contributed by atoms with Gasteiger partial charge in [-0.05, 0) is 31.2 Å². The first-order valence-corrected chi connectivity index (χ1v) is 7.87. The number of aryl methyl sites for hydroxylation is 1. The minimum absolute atomic E-state index is 0.136. The lowest BCUT2D eigenvalue weighted by Gasteiger charge is -2.33. The predicted molar refractivity (Wildman–Crippen MR) is 86.1 cm³/mol. The molecule has 132 valence electrons. The molecule has 1 aliphatic heterocycles. The molecule has 0 atom stereocenters. The van der Waals surface area contributed by atoms with Crippen molar-refractivity contribution >= 4 is 11.9 Å². The van der Waals surface area contributed by atoms with Gasteiger partial charge in [-0.15, -0.1) is 0 Å². The van der Waals surface area contributed by atoms with E-state index in [0.717, 1.165) is 0 Å². The Balaban J connectivity index is 1.85. The highest BCUT2D eigenvalue weighted by Gasteiger charge is 2.42. The van der Waals surface area contributed by atoms with Gasteiger partial charge in [0.25, 0.3) is 5.91 Å². The molecule has 25 heavy (non-hydrogen) atoms. The summed E-state index contributed by atoms with van der Waals surface area (Å²) in [5.74, 6) is -2.00. The largest absolute Gasteiger partial charge is 0.480 e. The third-order valence-corrected chi connectivity index (χ3v) is 4.31. The number of carbonyl (C=O) groups is 2. The Morgan fingerprint density at radius 1 is 1.28 bits per heavy atom. The lowest BCUT2D eigenvalue weighted by atomic mass is 9.90. The van der Waals surface area contributed by atoms with Gasteiger partial charge in [0.2, 0.25) is 0 Å². The fraction of sp³-hybridized carbons (Fsp3) is 0.353. The van der Waals surface area contributed by atoms with E-state index in [1.165, 1.54) is 16.8 Å². The maximum atomic E-state index is 13.0. The van der Waals surface area contributed by atoms with Gasteiger partial charge in [-0.3, -0.25) is 4.79 Å². The molecule has 7 nitrogen and oxygen atoms in total. The van der Waals surface area contributed by atoms with Crippen LogP contribution in [0.2, 0.25) is 0 Å². The van der Waals surface area contributed by atoms with Crippen molar-refractivity contribution in [2.75, 3.05) is 13.2 Å². The Labute approximate surface area is 143 Å². The SMILES string of the molecule is Cc1cn(-c2ccc(F)cc2)nc1C(=O)NC1(C(=O)O)CCOCC1. The predicted octanol–water partition coefficient (Wildman–Crippen LogP) is 1.68. The standard InChI is InChI=1S/C17H18FN3O4/c1-11-10-21(13-4-2-12(18)3-5-13)20-14(11)15(22)19-17(16(23)24)6-8-25-9-7-17/h2-5,10H,6-9H2,1H3,(H,19,22)(H,23,24). The van der Waals surface area contributed by atoms with E-state index in [-0.39, 0.29) is 37.6 Å². The summed E-state index contributed by atoms with van der Waals surface area (Å²) in [6.45, 7) is 2.25. The van der Waals surface area contributed by atoms with Crippen LogP contribution in [-0.4, -0.2) is 45.5 Å². The number of rotatable bonds is 4. The van der Waals surface area contributed by atoms with Crippen LogP contribution in [0.4, 0.5) is 4.39 Å². The number of nitrogens with one attached hydrogen (secondary N) is 1. The molecule has 1 amide bonds. The summed E-state index contributed by atoms with van der Waals surface area (Å²) in [5.41, 5.74) is -0.0186. The smallest absolute Gasteiger partial charge is 0.329 e. The number of carboxylic acids is 1. The molecule has 2 N–H and O–H groups in total. The quantitative estimate of drug-likeness (QED) is 0.878. The molecule has 0 aliphatic carbocycles. The number of carboxylic acid groups (broad SMARTS) is 1. The molecule has 2 aromatic rings. The van der Waals surface area contributed by atoms with Crippen molar-refractivity contribution in [2.24, 2.45) is 0 Å². The fourth-order valence-corrected chi connectivity index (χ4v) is 2.80. The second-order valence-corrected chi connectivity index (χ2v) is 6.04. The van der Waals surface area contributed by atoms with Crippen LogP contribution >= 0.6 is 0 Å². The van der Waals surface area contributed by atoms with Crippen molar-refractivity contribution in [2.45, 2.75) is 25.3 Å². The highest BCUT2D eigenvalue weighted by Crippen LogP contribution is 2.22. The van der Waals surface area contributed by atoms with Gasteiger partial charge in [0.15, 0.2) is 5.69 Å². The first kappa shape index (κ1) is 17.1. The third-order valence-electron chi connectivity index (χ3n) is 4.31. The molecule has 8 heteroatoms. The summed E-state index contributed by atoms with van der Waals surface area (Å²) < 4.78 is 19.7. The summed E-state index contributed by atoms with van der Waals surface area (Å²) in [5, 5.41) is 16.4. The zero-order chi connectivity index (χ0) is 18.0. The molecule has 0 radical (unpaired) electrons. The number of hydrogen-bond donors (Lipinski definition) is 2. The number of carbonyl (C=O) groups excluding carboxylic acids is 1. The van der Waals surface area contributed by atoms with Crippen molar-refractivity contribution in [1.29, 1.82) is 0 Å². The first-order valence-electron chi connectivity index (χ1n) is 7.87. The summed E-state index contributed by atoms with van der Waals surface area (Å²) in [7, 11) is 0. The number of aromatic nitrogens is 2. The van der Waals surface area contributed by atoms with E-state index in [4.69, 9.17) is 4.74 Å². The molecule has 1 saturated heterocycles. The van der Waals surface area contributed by atoms with Crippen LogP contribution in [-0.2, 0) is 9.53 Å². The van der Waals surface area contributed by atoms with Crippen molar-refractivity contribution in [3.63, 3.8) is 0 Å². The van der Waals surface area contributed by atoms with Gasteiger partial charge >= 0.3 is 5.97 Å². The maximum Gasteiger partial charge on any atom is 0.329 e. The minimum Gasteiger partial charge on any atom is -0.480 e. The Morgan fingerprint density at radius 2 is 1.92 bits per heavy atom. The number of amides is 1. The van der Waals surface area contributed by atoms with Gasteiger partial charge in [-0.25, -0.2) is 13.9 Å². The van der Waals surface area contributed by atoms with Crippen LogP contribution in [0.1, 0.15) is 28.9 Å². The summed E-state index contributed by atoms with van der Waals surface area (Å²) >= 11 is 0. The summed E-state index contributed by atoms with van der Waals surface area (Å²) in [6, 6.07) is 5.68. The molecule has 1 fully saturated rings. The molecule has 0 saturated carbocycles. The van der Waals surface area contributed by atoms with Crippen LogP contribution in [0.3, 0.4) is 0 Å². The number of aliphatic carboxylic acids is 1. The van der Waals surface area contributed by atoms with Gasteiger partial charge in [0.1, 0.15) is 11.4 Å². The lowest BCUT2D eigenvalue weighted by molar-refractivity contribution is -0.148. The Morgan fingerprint density at radius 3 is 2.52 bits per heavy atom. The average molecular weight is 347 g/mol. The number of halogens is 1. The van der Waals surface area contributed by atoms with Gasteiger partial charge < -0.3 is 15.2 Å². The van der Waals surface area contributed by atoms with Crippen molar-refractivity contribution in [3.05, 3.63) is 47.5 Å². The molecule has 0 bridgehead atoms. The zero-order valence-corrected chi connectivity index (χ0v) is 13.7. The Hall–Kier alpha value is -2.74. The van der Waals surface area contributed by atoms with Gasteiger partial charge in [-0.2, -0.15) is 5.10 Å². The van der Waals surface area contributed by atoms with Crippen molar-refractivity contribution in [3.8, 4) is 5.69 Å². The molecule has 1 aliphatic rings. The van der Waals surface area contributed by atoms with Crippen LogP contribution in [0, 0.1) is 12.7 Å². The number of hydrogen-bond acceptors (Lipinski definition) is 4. The monoisotopic (exact) mass is 347 g/mol. The second-order valence-electron chi connectivity index (χ2n) is 6.04. The van der Waals surface area contributed by atoms with Crippen molar-refractivity contribution in [1.82, 2.24) is 15.1 Å². The van der Waals surface area contributed by atoms with E-state index in [0.29, 0.717) is 11.3 Å². The van der Waals surface area contributed by atoms with Crippen molar-refractivity contribution < 1.29 is 23.8 Å². The molecule has 0 unspecified atom stereocenters. The number of benzene rings is 1. The maximum absolute atomic E-state index is 13.0. The highest BCUT2D eigenvalue weighted by molar-refractivity contribution is 5.97. The van der Waals surface area contributed by atoms with E-state index in [2.05, 4.69) is 10.4 Å². The highest BCUT2D eigenvalue weighted by atomic mass is 19.1. The van der Waals surface area contributed by atoms with Gasteiger partial charge in [-0.1, -0.05) is 0 Å². The molecule has 2 heterocycles. The van der Waals surface area contributed by atoms with Crippen LogP contribution < -0.4 is 5.32 Å². The van der Waals surface area contributed by atoms with E-state index < -0.39 is 17.4 Å². The zero-order valence-electron chi connectivity index (χ0n) is 13.7. The molecule has 0 spiro atoms. The van der Waals surface area contributed by atoms with Gasteiger partial charge in [0.05, 0.1) is 5.69 Å². The van der Waals surface area contributed by atoms with Gasteiger partial charge in [0, 0.05) is 37.8 Å². The van der Waals surface area contributed by atoms with E-state index in [1.807, 2.05) is 0 Å². The minimum atomic E-state index is -1.35. The van der Waals surface area contributed by atoms with E-state index >= 15 is 0 Å². The van der Waals surface area contributed by atoms with Crippen LogP contribution in [0.15, 0.2) is 30.5 Å². The number of nitrogens with zero attached hydrogens (tertiary/aromatic N) is 2. The summed E-state index contributed by atoms with van der Waals surface area (Å²) in [6.07, 6.45) is 2.04. The lowest BCUT2D eigenvalue weighted by Crippen LogP contribution is -2.57. The molecular weight excluding hydrogens is 329 g/mol.